The highest BCUT2D eigenvalue weighted by atomic mass is 35.5. The van der Waals surface area contributed by atoms with E-state index in [9.17, 15) is 0 Å². The first-order valence-electron chi connectivity index (χ1n) is 7.70. The van der Waals surface area contributed by atoms with E-state index in [4.69, 9.17) is 21.3 Å². The average molecular weight is 309 g/mol. The van der Waals surface area contributed by atoms with Crippen molar-refractivity contribution in [2.24, 2.45) is 0 Å². The SMILES string of the molecule is CC.Clc1cc(N2CCOCC2)c2nc(C3CC3)cn2n1. The minimum Gasteiger partial charge on any atom is -0.378 e. The zero-order chi connectivity index (χ0) is 14.8. The third kappa shape index (κ3) is 2.99. The van der Waals surface area contributed by atoms with Gasteiger partial charge in [-0.1, -0.05) is 25.4 Å². The molecule has 0 atom stereocenters. The van der Waals surface area contributed by atoms with Gasteiger partial charge in [-0.3, -0.25) is 0 Å². The lowest BCUT2D eigenvalue weighted by atomic mass is 10.3. The Labute approximate surface area is 129 Å². The summed E-state index contributed by atoms with van der Waals surface area (Å²) in [5, 5.41) is 4.83. The summed E-state index contributed by atoms with van der Waals surface area (Å²) in [4.78, 5) is 7.02. The lowest BCUT2D eigenvalue weighted by Gasteiger charge is -2.28. The van der Waals surface area contributed by atoms with Crippen LogP contribution in [-0.2, 0) is 4.74 Å². The van der Waals surface area contributed by atoms with Crippen molar-refractivity contribution in [1.82, 2.24) is 14.6 Å². The standard InChI is InChI=1S/C13H15ClN4O.C2H6/c14-12-7-11(17-3-5-19-6-4-17)13-15-10(9-1-2-9)8-18(13)16-12;1-2/h7-9H,1-6H2;1-2H3. The van der Waals surface area contributed by atoms with Crippen LogP contribution in [0.5, 0.6) is 0 Å². The molecular formula is C15H21ClN4O. The molecule has 21 heavy (non-hydrogen) atoms. The van der Waals surface area contributed by atoms with Crippen LogP contribution in [0.15, 0.2) is 12.3 Å². The number of imidazole rings is 1. The molecule has 0 bridgehead atoms. The van der Waals surface area contributed by atoms with Gasteiger partial charge in [-0.2, -0.15) is 5.10 Å². The number of aromatic nitrogens is 3. The van der Waals surface area contributed by atoms with Gasteiger partial charge in [0.2, 0.25) is 0 Å². The summed E-state index contributed by atoms with van der Waals surface area (Å²) >= 11 is 6.13. The van der Waals surface area contributed by atoms with Crippen molar-refractivity contribution >= 4 is 22.9 Å². The lowest BCUT2D eigenvalue weighted by Crippen LogP contribution is -2.36. The monoisotopic (exact) mass is 308 g/mol. The molecule has 2 aromatic rings. The predicted octanol–water partition coefficient (Wildman–Crippen LogP) is 3.12. The van der Waals surface area contributed by atoms with Gasteiger partial charge in [0.15, 0.2) is 10.8 Å². The van der Waals surface area contributed by atoms with Gasteiger partial charge in [-0.05, 0) is 12.8 Å². The Bertz CT molecular complexity index is 617. The highest BCUT2D eigenvalue weighted by molar-refractivity contribution is 6.29. The van der Waals surface area contributed by atoms with Crippen molar-refractivity contribution in [1.29, 1.82) is 0 Å². The second kappa shape index (κ2) is 6.20. The van der Waals surface area contributed by atoms with E-state index in [1.807, 2.05) is 30.6 Å². The summed E-state index contributed by atoms with van der Waals surface area (Å²) in [5.74, 6) is 0.623. The first-order valence-corrected chi connectivity index (χ1v) is 8.07. The summed E-state index contributed by atoms with van der Waals surface area (Å²) in [7, 11) is 0. The Balaban J connectivity index is 0.000000636. The van der Waals surface area contributed by atoms with Gasteiger partial charge in [0, 0.05) is 25.1 Å². The molecule has 4 rings (SSSR count). The summed E-state index contributed by atoms with van der Waals surface area (Å²) < 4.78 is 7.22. The van der Waals surface area contributed by atoms with E-state index < -0.39 is 0 Å². The normalized spacial score (nSPS) is 18.5. The zero-order valence-corrected chi connectivity index (χ0v) is 13.3. The lowest BCUT2D eigenvalue weighted by molar-refractivity contribution is 0.123. The van der Waals surface area contributed by atoms with Crippen LogP contribution in [0.3, 0.4) is 0 Å². The molecule has 2 fully saturated rings. The quantitative estimate of drug-likeness (QED) is 0.855. The molecule has 0 spiro atoms. The van der Waals surface area contributed by atoms with Crippen molar-refractivity contribution in [3.8, 4) is 0 Å². The molecule has 0 amide bonds. The Morgan fingerprint density at radius 2 is 1.95 bits per heavy atom. The van der Waals surface area contributed by atoms with E-state index in [2.05, 4.69) is 10.00 Å². The molecule has 1 aliphatic heterocycles. The highest BCUT2D eigenvalue weighted by Gasteiger charge is 2.27. The van der Waals surface area contributed by atoms with Gasteiger partial charge in [0.05, 0.1) is 30.8 Å². The third-order valence-corrected chi connectivity index (χ3v) is 3.93. The first kappa shape index (κ1) is 14.6. The van der Waals surface area contributed by atoms with Crippen molar-refractivity contribution in [2.75, 3.05) is 31.2 Å². The van der Waals surface area contributed by atoms with Gasteiger partial charge in [-0.25, -0.2) is 9.50 Å². The van der Waals surface area contributed by atoms with E-state index in [1.165, 1.54) is 12.8 Å². The number of nitrogens with zero attached hydrogens (tertiary/aromatic N) is 4. The van der Waals surface area contributed by atoms with Crippen LogP contribution in [0.1, 0.15) is 38.3 Å². The number of ether oxygens (including phenoxy) is 1. The summed E-state index contributed by atoms with van der Waals surface area (Å²) in [6.07, 6.45) is 4.50. The number of fused-ring (bicyclic) bond motifs is 1. The van der Waals surface area contributed by atoms with E-state index in [0.717, 1.165) is 43.3 Å². The van der Waals surface area contributed by atoms with Crippen LogP contribution in [-0.4, -0.2) is 40.9 Å². The average Bonchev–Trinajstić information content (AvgIpc) is 3.29. The Hall–Kier alpha value is -1.33. The van der Waals surface area contributed by atoms with Crippen LogP contribution < -0.4 is 4.90 Å². The molecule has 114 valence electrons. The van der Waals surface area contributed by atoms with Gasteiger partial charge >= 0.3 is 0 Å². The van der Waals surface area contributed by atoms with Crippen LogP contribution in [0.2, 0.25) is 5.15 Å². The molecule has 5 nitrogen and oxygen atoms in total. The molecule has 0 radical (unpaired) electrons. The second-order valence-corrected chi connectivity index (χ2v) is 5.55. The predicted molar refractivity (Wildman–Crippen MR) is 84.4 cm³/mol. The fourth-order valence-electron chi connectivity index (χ4n) is 2.56. The van der Waals surface area contributed by atoms with Gasteiger partial charge in [-0.15, -0.1) is 0 Å². The fraction of sp³-hybridized carbons (Fsp3) is 0.600. The topological polar surface area (TPSA) is 42.7 Å². The Morgan fingerprint density at radius 3 is 2.62 bits per heavy atom. The molecule has 0 unspecified atom stereocenters. The summed E-state index contributed by atoms with van der Waals surface area (Å²) in [6, 6.07) is 1.91. The smallest absolute Gasteiger partial charge is 0.177 e. The molecule has 1 saturated carbocycles. The van der Waals surface area contributed by atoms with E-state index >= 15 is 0 Å². The zero-order valence-electron chi connectivity index (χ0n) is 12.5. The molecule has 2 aliphatic rings. The number of rotatable bonds is 2. The number of anilines is 1. The molecule has 2 aromatic heterocycles. The number of morpholine rings is 1. The van der Waals surface area contributed by atoms with Crippen LogP contribution in [0, 0.1) is 0 Å². The number of halogens is 1. The molecule has 0 aromatic carbocycles. The fourth-order valence-corrected chi connectivity index (χ4v) is 2.75. The van der Waals surface area contributed by atoms with Crippen LogP contribution in [0.25, 0.3) is 5.65 Å². The van der Waals surface area contributed by atoms with E-state index in [1.54, 1.807) is 0 Å². The van der Waals surface area contributed by atoms with E-state index in [0.29, 0.717) is 11.1 Å². The largest absolute Gasteiger partial charge is 0.378 e. The summed E-state index contributed by atoms with van der Waals surface area (Å²) in [5.41, 5.74) is 3.12. The third-order valence-electron chi connectivity index (χ3n) is 3.74. The Kier molecular flexibility index (Phi) is 4.31. The second-order valence-electron chi connectivity index (χ2n) is 5.16. The molecule has 0 N–H and O–H groups in total. The summed E-state index contributed by atoms with van der Waals surface area (Å²) in [6.45, 7) is 7.26. The number of hydrogen-bond acceptors (Lipinski definition) is 4. The minimum atomic E-state index is 0.508. The highest BCUT2D eigenvalue weighted by Crippen LogP contribution is 2.40. The first-order chi connectivity index (χ1) is 10.3. The van der Waals surface area contributed by atoms with Crippen LogP contribution >= 0.6 is 11.6 Å². The maximum absolute atomic E-state index is 6.13. The van der Waals surface area contributed by atoms with Crippen molar-refractivity contribution in [3.05, 3.63) is 23.1 Å². The van der Waals surface area contributed by atoms with E-state index in [-0.39, 0.29) is 0 Å². The van der Waals surface area contributed by atoms with Gasteiger partial charge in [0.25, 0.3) is 0 Å². The van der Waals surface area contributed by atoms with Crippen molar-refractivity contribution in [2.45, 2.75) is 32.6 Å². The van der Waals surface area contributed by atoms with Crippen molar-refractivity contribution < 1.29 is 4.74 Å². The maximum Gasteiger partial charge on any atom is 0.177 e. The molecular weight excluding hydrogens is 288 g/mol. The molecule has 6 heteroatoms. The number of hydrogen-bond donors (Lipinski definition) is 0. The van der Waals surface area contributed by atoms with Crippen molar-refractivity contribution in [3.63, 3.8) is 0 Å². The minimum absolute atomic E-state index is 0.508. The van der Waals surface area contributed by atoms with Gasteiger partial charge < -0.3 is 9.64 Å². The molecule has 3 heterocycles. The Morgan fingerprint density at radius 1 is 1.24 bits per heavy atom. The van der Waals surface area contributed by atoms with Gasteiger partial charge in [0.1, 0.15) is 0 Å². The van der Waals surface area contributed by atoms with Crippen LogP contribution in [0.4, 0.5) is 5.69 Å². The maximum atomic E-state index is 6.13. The molecule has 1 aliphatic carbocycles. The molecule has 1 saturated heterocycles.